The number of carbonyl (C=O) groups is 1. The highest BCUT2D eigenvalue weighted by atomic mass is 31.1. The van der Waals surface area contributed by atoms with Crippen molar-refractivity contribution in [2.75, 3.05) is 40.2 Å². The number of fused-ring (bicyclic) bond motifs is 2. The quantitative estimate of drug-likeness (QED) is 0.593. The smallest absolute Gasteiger partial charge is 0.231 e. The fraction of sp³-hybridized carbons (Fsp3) is 0.316. The van der Waals surface area contributed by atoms with E-state index in [4.69, 9.17) is 18.9 Å². The maximum absolute atomic E-state index is 13.8. The number of hydrogen-bond donors (Lipinski definition) is 0. The Bertz CT molecular complexity index is 820. The van der Waals surface area contributed by atoms with Crippen LogP contribution in [0.5, 0.6) is 23.0 Å². The number of benzene rings is 2. The lowest BCUT2D eigenvalue weighted by Gasteiger charge is -2.18. The molecule has 7 heteroatoms. The van der Waals surface area contributed by atoms with E-state index in [0.717, 1.165) is 10.6 Å². The number of hydrogen-bond acceptors (Lipinski definition) is 5. The molecular formula is C19H20O5P2. The number of rotatable bonds is 4. The van der Waals surface area contributed by atoms with Crippen LogP contribution in [-0.2, 0) is 0 Å². The van der Waals surface area contributed by atoms with E-state index in [1.54, 1.807) is 0 Å². The largest absolute Gasteiger partial charge is 0.454 e. The van der Waals surface area contributed by atoms with Crippen molar-refractivity contribution in [3.63, 3.8) is 0 Å². The van der Waals surface area contributed by atoms with E-state index in [-0.39, 0.29) is 19.4 Å². The minimum atomic E-state index is -0.500. The lowest BCUT2D eigenvalue weighted by molar-refractivity contribution is 0.103. The summed E-state index contributed by atoms with van der Waals surface area (Å²) in [5, 5.41) is 2.02. The van der Waals surface area contributed by atoms with Crippen molar-refractivity contribution < 1.29 is 23.7 Å². The molecule has 0 saturated heterocycles. The molecule has 2 aromatic carbocycles. The number of ether oxygens (including phenoxy) is 4. The summed E-state index contributed by atoms with van der Waals surface area (Å²) >= 11 is 0. The van der Waals surface area contributed by atoms with Gasteiger partial charge in [-0.1, -0.05) is 15.8 Å². The summed E-state index contributed by atoms with van der Waals surface area (Å²) < 4.78 is 22.4. The van der Waals surface area contributed by atoms with Crippen molar-refractivity contribution in [2.24, 2.45) is 0 Å². The Morgan fingerprint density at radius 3 is 1.54 bits per heavy atom. The van der Waals surface area contributed by atoms with Crippen molar-refractivity contribution in [2.45, 2.75) is 0 Å². The second-order valence-electron chi connectivity index (χ2n) is 6.50. The monoisotopic (exact) mass is 390 g/mol. The van der Waals surface area contributed by atoms with Crippen LogP contribution in [0.15, 0.2) is 24.3 Å². The Morgan fingerprint density at radius 1 is 0.731 bits per heavy atom. The summed E-state index contributed by atoms with van der Waals surface area (Å²) in [5.41, 5.74) is 1.19. The van der Waals surface area contributed by atoms with E-state index in [9.17, 15) is 4.79 Å². The van der Waals surface area contributed by atoms with E-state index in [1.165, 1.54) is 0 Å². The van der Waals surface area contributed by atoms with Crippen LogP contribution in [0.25, 0.3) is 0 Å². The third kappa shape index (κ3) is 2.74. The molecule has 0 aromatic heterocycles. The molecule has 5 nitrogen and oxygen atoms in total. The van der Waals surface area contributed by atoms with Crippen molar-refractivity contribution in [1.82, 2.24) is 0 Å². The van der Waals surface area contributed by atoms with E-state index in [2.05, 4.69) is 26.7 Å². The van der Waals surface area contributed by atoms with Crippen LogP contribution in [0.3, 0.4) is 0 Å². The molecule has 2 aliphatic heterocycles. The van der Waals surface area contributed by atoms with Crippen LogP contribution in [-0.4, -0.2) is 46.0 Å². The van der Waals surface area contributed by atoms with Crippen molar-refractivity contribution in [1.29, 1.82) is 0 Å². The van der Waals surface area contributed by atoms with Gasteiger partial charge in [0.05, 0.1) is 11.1 Å². The standard InChI is InChI=1S/C19H20O5P2/c1-25(2)13-7-5-11-18(23-9-21-11)15(13)17(20)16-14(26(3)4)8-6-12-19(16)24-10-22-12/h5-8H,9-10H2,1-4H3. The summed E-state index contributed by atoms with van der Waals surface area (Å²) in [5.74, 6) is 2.25. The van der Waals surface area contributed by atoms with E-state index in [1.807, 2.05) is 24.3 Å². The summed E-state index contributed by atoms with van der Waals surface area (Å²) in [6.07, 6.45) is 0. The normalized spacial score (nSPS) is 14.4. The van der Waals surface area contributed by atoms with Crippen LogP contribution in [0, 0.1) is 0 Å². The Kier molecular flexibility index (Phi) is 4.54. The van der Waals surface area contributed by atoms with Crippen molar-refractivity contribution >= 4 is 32.2 Å². The summed E-state index contributed by atoms with van der Waals surface area (Å²) in [4.78, 5) is 13.8. The van der Waals surface area contributed by atoms with Gasteiger partial charge in [-0.2, -0.15) is 0 Å². The second-order valence-corrected chi connectivity index (χ2v) is 11.0. The first-order valence-corrected chi connectivity index (χ1v) is 12.7. The summed E-state index contributed by atoms with van der Waals surface area (Å²) in [7, 11) is -1.000. The lowest BCUT2D eigenvalue weighted by atomic mass is 10.0. The Labute approximate surface area is 155 Å². The molecule has 4 rings (SSSR count). The molecule has 2 aliphatic rings. The van der Waals surface area contributed by atoms with Gasteiger partial charge in [0.15, 0.2) is 23.0 Å². The first kappa shape index (κ1) is 17.6. The number of ketones is 1. The van der Waals surface area contributed by atoms with Gasteiger partial charge in [-0.25, -0.2) is 0 Å². The van der Waals surface area contributed by atoms with E-state index < -0.39 is 15.8 Å². The molecule has 0 fully saturated rings. The molecule has 0 spiro atoms. The zero-order valence-electron chi connectivity index (χ0n) is 15.2. The molecule has 26 heavy (non-hydrogen) atoms. The van der Waals surface area contributed by atoms with Gasteiger partial charge in [0.1, 0.15) is 0 Å². The third-order valence-electron chi connectivity index (χ3n) is 4.45. The SMILES string of the molecule is CP(C)c1ccc2c(c1C(=O)c1c(P(C)C)ccc3c1OCO3)OCO2. The average Bonchev–Trinajstić information content (AvgIpc) is 3.27. The molecule has 0 atom stereocenters. The first-order chi connectivity index (χ1) is 12.5. The van der Waals surface area contributed by atoms with Gasteiger partial charge in [-0.15, -0.1) is 0 Å². The highest BCUT2D eigenvalue weighted by Gasteiger charge is 2.33. The van der Waals surface area contributed by atoms with Crippen LogP contribution in [0.1, 0.15) is 15.9 Å². The molecule has 0 bridgehead atoms. The van der Waals surface area contributed by atoms with Crippen LogP contribution in [0.2, 0.25) is 0 Å². The average molecular weight is 390 g/mol. The lowest BCUT2D eigenvalue weighted by Crippen LogP contribution is -2.21. The van der Waals surface area contributed by atoms with Gasteiger partial charge in [-0.3, -0.25) is 4.79 Å². The van der Waals surface area contributed by atoms with Gasteiger partial charge in [-0.05, 0) is 61.5 Å². The topological polar surface area (TPSA) is 54.0 Å². The maximum Gasteiger partial charge on any atom is 0.231 e. The highest BCUT2D eigenvalue weighted by Crippen LogP contribution is 2.44. The molecule has 2 aromatic rings. The minimum Gasteiger partial charge on any atom is -0.454 e. The van der Waals surface area contributed by atoms with Gasteiger partial charge < -0.3 is 18.9 Å². The predicted molar refractivity (Wildman–Crippen MR) is 105 cm³/mol. The minimum absolute atomic E-state index is 0.0768. The van der Waals surface area contributed by atoms with Crippen LogP contribution < -0.4 is 29.6 Å². The van der Waals surface area contributed by atoms with Gasteiger partial charge >= 0.3 is 0 Å². The molecule has 0 aliphatic carbocycles. The highest BCUT2D eigenvalue weighted by molar-refractivity contribution is 7.64. The molecule has 0 amide bonds. The van der Waals surface area contributed by atoms with Crippen LogP contribution >= 0.6 is 15.8 Å². The number of carbonyl (C=O) groups excluding carboxylic acids is 1. The predicted octanol–water partition coefficient (Wildman–Crippen LogP) is 3.11. The zero-order chi connectivity index (χ0) is 18.4. The molecule has 2 heterocycles. The summed E-state index contributed by atoms with van der Waals surface area (Å²) in [6, 6.07) is 7.74. The fourth-order valence-corrected chi connectivity index (χ4v) is 5.28. The van der Waals surface area contributed by atoms with Crippen molar-refractivity contribution in [3.8, 4) is 23.0 Å². The Balaban J connectivity index is 1.96. The van der Waals surface area contributed by atoms with E-state index >= 15 is 0 Å². The molecule has 0 saturated carbocycles. The van der Waals surface area contributed by atoms with E-state index in [0.29, 0.717) is 34.1 Å². The molecular weight excluding hydrogens is 370 g/mol. The third-order valence-corrected chi connectivity index (χ3v) is 7.12. The Morgan fingerprint density at radius 2 is 1.15 bits per heavy atom. The van der Waals surface area contributed by atoms with Crippen molar-refractivity contribution in [3.05, 3.63) is 35.4 Å². The molecule has 136 valence electrons. The first-order valence-electron chi connectivity index (χ1n) is 8.23. The fourth-order valence-electron chi connectivity index (χ4n) is 3.23. The molecule has 0 unspecified atom stereocenters. The van der Waals surface area contributed by atoms with Gasteiger partial charge in [0, 0.05) is 0 Å². The summed E-state index contributed by atoms with van der Waals surface area (Å²) in [6.45, 7) is 8.80. The van der Waals surface area contributed by atoms with Gasteiger partial charge in [0.25, 0.3) is 0 Å². The molecule has 0 radical (unpaired) electrons. The second kappa shape index (κ2) is 6.72. The van der Waals surface area contributed by atoms with Crippen LogP contribution in [0.4, 0.5) is 0 Å². The maximum atomic E-state index is 13.8. The van der Waals surface area contributed by atoms with Gasteiger partial charge in [0.2, 0.25) is 19.4 Å². The Hall–Kier alpha value is -1.83. The zero-order valence-corrected chi connectivity index (χ0v) is 16.9. The molecule has 0 N–H and O–H groups in total.